The van der Waals surface area contributed by atoms with E-state index in [1.165, 1.54) is 0 Å². The van der Waals surface area contributed by atoms with Gasteiger partial charge < -0.3 is 29.5 Å². The van der Waals surface area contributed by atoms with E-state index in [0.29, 0.717) is 39.6 Å². The molecule has 6 nitrogen and oxygen atoms in total. The van der Waals surface area contributed by atoms with Crippen molar-refractivity contribution in [1.82, 2.24) is 0 Å². The summed E-state index contributed by atoms with van der Waals surface area (Å²) in [5, 5.41) is 30.5. The average Bonchev–Trinajstić information content (AvgIpc) is 2.41. The van der Waals surface area contributed by atoms with Crippen molar-refractivity contribution in [1.29, 1.82) is 0 Å². The normalized spacial score (nSPS) is 13.5. The van der Waals surface area contributed by atoms with Crippen LogP contribution in [-0.4, -0.2) is 75.3 Å². The summed E-state index contributed by atoms with van der Waals surface area (Å²) in [5.74, 6) is 0. The Bertz CT molecular complexity index is 140. The molecule has 0 fully saturated rings. The minimum absolute atomic E-state index is 0. The quantitative estimate of drug-likeness (QED) is 0.498. The number of rotatable bonds is 9. The second-order valence-electron chi connectivity index (χ2n) is 4.41. The third kappa shape index (κ3) is 50.0. The van der Waals surface area contributed by atoms with Crippen LogP contribution in [0.1, 0.15) is 41.5 Å². The van der Waals surface area contributed by atoms with Gasteiger partial charge in [0.2, 0.25) is 0 Å². The molecule has 0 saturated heterocycles. The van der Waals surface area contributed by atoms with Crippen LogP contribution in [0.15, 0.2) is 0 Å². The van der Waals surface area contributed by atoms with E-state index in [2.05, 4.69) is 0 Å². The fourth-order valence-electron chi connectivity index (χ4n) is 0.851. The maximum atomic E-state index is 10.2. The van der Waals surface area contributed by atoms with Crippen LogP contribution < -0.4 is 15.3 Å². The molecule has 3 unspecified atom stereocenters. The van der Waals surface area contributed by atoms with E-state index in [1.807, 2.05) is 20.8 Å². The second-order valence-corrected chi connectivity index (χ2v) is 4.41. The van der Waals surface area contributed by atoms with Crippen LogP contribution in [-0.2, 0) is 14.2 Å². The molecule has 0 rings (SSSR count). The Morgan fingerprint density at radius 3 is 0.818 bits per heavy atom. The molecule has 0 radical (unpaired) electrons. The van der Waals surface area contributed by atoms with Crippen molar-refractivity contribution in [2.45, 2.75) is 59.9 Å². The first-order valence-corrected chi connectivity index (χ1v) is 7.52. The van der Waals surface area contributed by atoms with Gasteiger partial charge in [0.15, 0.2) is 0 Å². The van der Waals surface area contributed by atoms with Crippen LogP contribution in [0.5, 0.6) is 0 Å². The molecule has 0 amide bonds. The average molecular weight is 336 g/mol. The first-order chi connectivity index (χ1) is 9.81. The summed E-state index contributed by atoms with van der Waals surface area (Å²) in [6.45, 7) is 13.4. The SMILES string of the molecule is CCOCC(C)[O-].CCOCC(C)[O-].CCOCC(C)[O-].[Al+3]. The minimum Gasteiger partial charge on any atom is -0.851 e. The Morgan fingerprint density at radius 1 is 0.591 bits per heavy atom. The van der Waals surface area contributed by atoms with E-state index in [0.717, 1.165) is 0 Å². The number of ether oxygens (including phenoxy) is 3. The van der Waals surface area contributed by atoms with Crippen LogP contribution in [0.25, 0.3) is 0 Å². The molecule has 0 aliphatic carbocycles. The first kappa shape index (κ1) is 30.2. The summed E-state index contributed by atoms with van der Waals surface area (Å²) < 4.78 is 14.3. The number of hydrogen-bond acceptors (Lipinski definition) is 6. The zero-order valence-corrected chi connectivity index (χ0v) is 16.2. The monoisotopic (exact) mass is 336 g/mol. The summed E-state index contributed by atoms with van der Waals surface area (Å²) in [6.07, 6.45) is -1.71. The molecule has 0 saturated carbocycles. The molecule has 22 heavy (non-hydrogen) atoms. The smallest absolute Gasteiger partial charge is 0.851 e. The van der Waals surface area contributed by atoms with E-state index in [1.54, 1.807) is 20.8 Å². The van der Waals surface area contributed by atoms with E-state index in [4.69, 9.17) is 14.2 Å². The maximum absolute atomic E-state index is 10.2. The molecule has 132 valence electrons. The predicted molar refractivity (Wildman–Crippen MR) is 83.6 cm³/mol. The van der Waals surface area contributed by atoms with E-state index >= 15 is 0 Å². The van der Waals surface area contributed by atoms with Crippen LogP contribution in [0.4, 0.5) is 0 Å². The van der Waals surface area contributed by atoms with Gasteiger partial charge in [-0.25, -0.2) is 0 Å². The van der Waals surface area contributed by atoms with Gasteiger partial charge in [0.05, 0.1) is 0 Å². The van der Waals surface area contributed by atoms with E-state index in [9.17, 15) is 15.3 Å². The van der Waals surface area contributed by atoms with Crippen molar-refractivity contribution in [3.05, 3.63) is 0 Å². The van der Waals surface area contributed by atoms with Gasteiger partial charge >= 0.3 is 17.4 Å². The molecular formula is C15H33AlO6. The predicted octanol–water partition coefficient (Wildman–Crippen LogP) is -1.07. The van der Waals surface area contributed by atoms with Crippen LogP contribution >= 0.6 is 0 Å². The largest absolute Gasteiger partial charge is 3.00 e. The summed E-state index contributed by atoms with van der Waals surface area (Å²) in [7, 11) is 0. The van der Waals surface area contributed by atoms with Gasteiger partial charge in [-0.2, -0.15) is 0 Å². The van der Waals surface area contributed by atoms with Crippen molar-refractivity contribution in [3.8, 4) is 0 Å². The molecule has 0 heterocycles. The van der Waals surface area contributed by atoms with Crippen LogP contribution in [0, 0.1) is 0 Å². The summed E-state index contributed by atoms with van der Waals surface area (Å²) in [4.78, 5) is 0. The van der Waals surface area contributed by atoms with Gasteiger partial charge in [-0.05, 0) is 20.8 Å². The summed E-state index contributed by atoms with van der Waals surface area (Å²) in [6, 6.07) is 0. The second kappa shape index (κ2) is 26.2. The molecule has 0 aliphatic rings. The van der Waals surface area contributed by atoms with E-state index in [-0.39, 0.29) is 17.4 Å². The Morgan fingerprint density at radius 2 is 0.773 bits per heavy atom. The number of hydrogen-bond donors (Lipinski definition) is 0. The third-order valence-electron chi connectivity index (χ3n) is 1.67. The fourth-order valence-corrected chi connectivity index (χ4v) is 0.851. The van der Waals surface area contributed by atoms with Crippen molar-refractivity contribution in [2.75, 3.05) is 39.6 Å². The molecule has 0 spiro atoms. The molecule has 0 aliphatic heterocycles. The van der Waals surface area contributed by atoms with Gasteiger partial charge in [-0.15, -0.1) is 18.3 Å². The van der Waals surface area contributed by atoms with E-state index < -0.39 is 18.3 Å². The molecule has 0 aromatic carbocycles. The Balaban J connectivity index is -0.000000108. The molecule has 3 atom stereocenters. The van der Waals surface area contributed by atoms with Crippen molar-refractivity contribution < 1.29 is 29.5 Å². The van der Waals surface area contributed by atoms with Crippen molar-refractivity contribution in [3.63, 3.8) is 0 Å². The standard InChI is InChI=1S/3C5H11O2.Al/c3*1-3-7-4-5(2)6;/h3*5H,3-4H2,1-2H3;/q3*-1;+3. The Hall–Kier alpha value is 0.292. The van der Waals surface area contributed by atoms with Gasteiger partial charge in [-0.1, -0.05) is 20.8 Å². The zero-order valence-electron chi connectivity index (χ0n) is 15.0. The van der Waals surface area contributed by atoms with Gasteiger partial charge in [0, 0.05) is 39.6 Å². The Kier molecular flexibility index (Phi) is 36.0. The third-order valence-corrected chi connectivity index (χ3v) is 1.67. The topological polar surface area (TPSA) is 96.9 Å². The molecule has 7 heteroatoms. The molecule has 0 N–H and O–H groups in total. The molecular weight excluding hydrogens is 303 g/mol. The van der Waals surface area contributed by atoms with Gasteiger partial charge in [0.25, 0.3) is 0 Å². The maximum Gasteiger partial charge on any atom is 3.00 e. The van der Waals surface area contributed by atoms with Crippen LogP contribution in [0.2, 0.25) is 0 Å². The zero-order chi connectivity index (χ0) is 17.1. The molecule has 0 aromatic heterocycles. The van der Waals surface area contributed by atoms with Crippen molar-refractivity contribution >= 4 is 17.4 Å². The summed E-state index contributed by atoms with van der Waals surface area (Å²) >= 11 is 0. The fraction of sp³-hybridized carbons (Fsp3) is 1.00. The van der Waals surface area contributed by atoms with Crippen molar-refractivity contribution in [2.24, 2.45) is 0 Å². The van der Waals surface area contributed by atoms with Crippen LogP contribution in [0.3, 0.4) is 0 Å². The molecule has 0 aromatic rings. The first-order valence-electron chi connectivity index (χ1n) is 7.52. The minimum atomic E-state index is -0.569. The van der Waals surface area contributed by atoms with Gasteiger partial charge in [0.1, 0.15) is 0 Å². The Labute approximate surface area is 146 Å². The molecule has 0 bridgehead atoms. The van der Waals surface area contributed by atoms with Gasteiger partial charge in [-0.3, -0.25) is 0 Å². The summed E-state index contributed by atoms with van der Waals surface area (Å²) in [5.41, 5.74) is 0.